The molecule has 0 amide bonds. The van der Waals surface area contributed by atoms with Gasteiger partial charge >= 0.3 is 0 Å². The summed E-state index contributed by atoms with van der Waals surface area (Å²) in [6.45, 7) is 6.89. The van der Waals surface area contributed by atoms with Crippen LogP contribution in [0.25, 0.3) is 10.2 Å². The summed E-state index contributed by atoms with van der Waals surface area (Å²) in [5.74, 6) is 0.319. The molecule has 5 nitrogen and oxygen atoms in total. The van der Waals surface area contributed by atoms with Crippen LogP contribution in [0.3, 0.4) is 0 Å². The van der Waals surface area contributed by atoms with Gasteiger partial charge in [-0.05, 0) is 31.7 Å². The number of nitrogens with zero attached hydrogens (tertiary/aromatic N) is 4. The topological polar surface area (TPSA) is 42.8 Å². The lowest BCUT2D eigenvalue weighted by atomic mass is 10.2. The van der Waals surface area contributed by atoms with Crippen molar-refractivity contribution in [3.05, 3.63) is 18.2 Å². The predicted octanol–water partition coefficient (Wildman–Crippen LogP) is 1.83. The van der Waals surface area contributed by atoms with Crippen molar-refractivity contribution in [3.63, 3.8) is 0 Å². The summed E-state index contributed by atoms with van der Waals surface area (Å²) in [5.41, 5.74) is 0.987. The molecular weight excluding hydrogens is 296 g/mol. The number of benzene rings is 1. The Morgan fingerprint density at radius 3 is 2.82 bits per heavy atom. The predicted molar refractivity (Wildman–Crippen MR) is 91.0 cm³/mol. The fraction of sp³-hybridized carbons (Fsp3) is 0.562. The lowest BCUT2D eigenvalue weighted by Gasteiger charge is -2.36. The lowest BCUT2D eigenvalue weighted by Crippen LogP contribution is -2.49. The van der Waals surface area contributed by atoms with Gasteiger partial charge in [0, 0.05) is 45.3 Å². The van der Waals surface area contributed by atoms with E-state index in [0.29, 0.717) is 11.8 Å². The first-order valence-electron chi connectivity index (χ1n) is 7.96. The molecule has 1 aromatic carbocycles. The number of rotatable bonds is 2. The van der Waals surface area contributed by atoms with E-state index in [1.54, 1.807) is 17.4 Å². The molecule has 1 unspecified atom stereocenters. The molecule has 0 aliphatic carbocycles. The smallest absolute Gasteiger partial charge is 0.186 e. The highest BCUT2D eigenvalue weighted by molar-refractivity contribution is 7.22. The van der Waals surface area contributed by atoms with E-state index in [1.807, 2.05) is 12.1 Å². The van der Waals surface area contributed by atoms with Gasteiger partial charge in [-0.3, -0.25) is 4.90 Å². The van der Waals surface area contributed by atoms with Crippen LogP contribution in [-0.4, -0.2) is 72.2 Å². The van der Waals surface area contributed by atoms with E-state index in [0.717, 1.165) is 28.4 Å². The summed E-state index contributed by atoms with van der Waals surface area (Å²) in [4.78, 5) is 12.2. The van der Waals surface area contributed by atoms with Crippen LogP contribution in [0.4, 0.5) is 5.13 Å². The maximum atomic E-state index is 9.59. The third kappa shape index (κ3) is 2.66. The Morgan fingerprint density at radius 2 is 2.00 bits per heavy atom. The average molecular weight is 318 g/mol. The molecule has 0 radical (unpaired) electrons. The minimum absolute atomic E-state index is 0.319. The highest BCUT2D eigenvalue weighted by Gasteiger charge is 2.30. The van der Waals surface area contributed by atoms with Crippen LogP contribution in [0, 0.1) is 0 Å². The Hall–Kier alpha value is -1.37. The third-order valence-electron chi connectivity index (χ3n) is 4.85. The molecule has 3 heterocycles. The summed E-state index contributed by atoms with van der Waals surface area (Å²) < 4.78 is 1.07. The highest BCUT2D eigenvalue weighted by atomic mass is 32.1. The second-order valence-electron chi connectivity index (χ2n) is 6.38. The van der Waals surface area contributed by atoms with Crippen molar-refractivity contribution in [3.8, 4) is 5.75 Å². The number of thiazole rings is 1. The molecule has 6 heteroatoms. The van der Waals surface area contributed by atoms with Crippen LogP contribution in [0.5, 0.6) is 5.75 Å². The largest absolute Gasteiger partial charge is 0.508 e. The Morgan fingerprint density at radius 1 is 1.18 bits per heavy atom. The van der Waals surface area contributed by atoms with Crippen molar-refractivity contribution in [2.24, 2.45) is 0 Å². The quantitative estimate of drug-likeness (QED) is 0.915. The number of hydrogen-bond donors (Lipinski definition) is 1. The van der Waals surface area contributed by atoms with Crippen molar-refractivity contribution in [1.29, 1.82) is 0 Å². The zero-order valence-corrected chi connectivity index (χ0v) is 13.7. The summed E-state index contributed by atoms with van der Waals surface area (Å²) in [6.07, 6.45) is 1.23. The van der Waals surface area contributed by atoms with E-state index >= 15 is 0 Å². The van der Waals surface area contributed by atoms with Crippen LogP contribution >= 0.6 is 11.3 Å². The molecule has 1 aromatic heterocycles. The maximum Gasteiger partial charge on any atom is 0.186 e. The van der Waals surface area contributed by atoms with E-state index < -0.39 is 0 Å². The lowest BCUT2D eigenvalue weighted by molar-refractivity contribution is 0.120. The van der Waals surface area contributed by atoms with E-state index in [4.69, 9.17) is 4.98 Å². The highest BCUT2D eigenvalue weighted by Crippen LogP contribution is 2.33. The molecule has 118 valence electrons. The van der Waals surface area contributed by atoms with Crippen LogP contribution < -0.4 is 4.90 Å². The minimum Gasteiger partial charge on any atom is -0.508 e. The monoisotopic (exact) mass is 318 g/mol. The van der Waals surface area contributed by atoms with Gasteiger partial charge in [0.05, 0.1) is 10.2 Å². The maximum absolute atomic E-state index is 9.59. The number of likely N-dealkylation sites (N-methyl/N-ethyl adjacent to an activating group) is 1. The van der Waals surface area contributed by atoms with E-state index in [1.165, 1.54) is 32.6 Å². The second-order valence-corrected chi connectivity index (χ2v) is 7.39. The SMILES string of the molecule is CN1CCN(C2CCN(c3nc4ccc(O)cc4s3)C2)CC1. The van der Waals surface area contributed by atoms with E-state index in [9.17, 15) is 5.11 Å². The van der Waals surface area contributed by atoms with Crippen molar-refractivity contribution < 1.29 is 5.11 Å². The number of piperazine rings is 1. The standard InChI is InChI=1S/C16H22N4OS/c1-18-6-8-19(9-7-18)12-4-5-20(11-12)16-17-14-3-2-13(21)10-15(14)22-16/h2-3,10,12,21H,4-9,11H2,1H3. The summed E-state index contributed by atoms with van der Waals surface area (Å²) >= 11 is 1.69. The van der Waals surface area contributed by atoms with Gasteiger partial charge in [-0.1, -0.05) is 11.3 Å². The molecule has 22 heavy (non-hydrogen) atoms. The summed E-state index contributed by atoms with van der Waals surface area (Å²) in [6, 6.07) is 6.08. The number of fused-ring (bicyclic) bond motifs is 1. The molecular formula is C16H22N4OS. The summed E-state index contributed by atoms with van der Waals surface area (Å²) in [7, 11) is 2.20. The van der Waals surface area contributed by atoms with Crippen molar-refractivity contribution in [2.75, 3.05) is 51.2 Å². The van der Waals surface area contributed by atoms with Gasteiger partial charge in [0.1, 0.15) is 5.75 Å². The number of hydrogen-bond acceptors (Lipinski definition) is 6. The number of anilines is 1. The average Bonchev–Trinajstić information content (AvgIpc) is 3.13. The molecule has 2 aliphatic heterocycles. The molecule has 0 saturated carbocycles. The Kier molecular flexibility index (Phi) is 3.68. The number of aromatic hydroxyl groups is 1. The zero-order valence-electron chi connectivity index (χ0n) is 12.9. The van der Waals surface area contributed by atoms with E-state index in [2.05, 4.69) is 21.7 Å². The van der Waals surface area contributed by atoms with E-state index in [-0.39, 0.29) is 0 Å². The second kappa shape index (κ2) is 5.68. The van der Waals surface area contributed by atoms with Gasteiger partial charge in [0.15, 0.2) is 5.13 Å². The molecule has 2 saturated heterocycles. The number of phenolic OH excluding ortho intramolecular Hbond substituents is 1. The molecule has 4 rings (SSSR count). The fourth-order valence-electron chi connectivity index (χ4n) is 3.44. The van der Waals surface area contributed by atoms with Gasteiger partial charge < -0.3 is 14.9 Å². The Labute approximate surface area is 134 Å². The first-order chi connectivity index (χ1) is 10.7. The van der Waals surface area contributed by atoms with Gasteiger partial charge in [-0.25, -0.2) is 4.98 Å². The Bertz CT molecular complexity index is 665. The molecule has 1 atom stereocenters. The van der Waals surface area contributed by atoms with Gasteiger partial charge in [0.2, 0.25) is 0 Å². The number of phenols is 1. The fourth-order valence-corrected chi connectivity index (χ4v) is 4.47. The third-order valence-corrected chi connectivity index (χ3v) is 5.93. The van der Waals surface area contributed by atoms with Gasteiger partial charge in [0.25, 0.3) is 0 Å². The minimum atomic E-state index is 0.319. The van der Waals surface area contributed by atoms with Crippen molar-refractivity contribution in [2.45, 2.75) is 12.5 Å². The number of aromatic nitrogens is 1. The normalized spacial score (nSPS) is 24.4. The van der Waals surface area contributed by atoms with Crippen LogP contribution in [0.2, 0.25) is 0 Å². The van der Waals surface area contributed by atoms with Crippen molar-refractivity contribution in [1.82, 2.24) is 14.8 Å². The molecule has 0 spiro atoms. The van der Waals surface area contributed by atoms with Crippen LogP contribution in [0.15, 0.2) is 18.2 Å². The van der Waals surface area contributed by atoms with Crippen LogP contribution in [0.1, 0.15) is 6.42 Å². The Balaban J connectivity index is 1.47. The molecule has 1 N–H and O–H groups in total. The molecule has 2 aromatic rings. The first-order valence-corrected chi connectivity index (χ1v) is 8.78. The zero-order chi connectivity index (χ0) is 15.1. The summed E-state index contributed by atoms with van der Waals surface area (Å²) in [5, 5.41) is 10.7. The van der Waals surface area contributed by atoms with Crippen molar-refractivity contribution >= 4 is 26.7 Å². The first kappa shape index (κ1) is 14.2. The molecule has 0 bridgehead atoms. The molecule has 2 aliphatic rings. The molecule has 2 fully saturated rings. The van der Waals surface area contributed by atoms with Crippen LogP contribution in [-0.2, 0) is 0 Å². The van der Waals surface area contributed by atoms with Gasteiger partial charge in [-0.2, -0.15) is 0 Å². The van der Waals surface area contributed by atoms with Gasteiger partial charge in [-0.15, -0.1) is 0 Å².